The van der Waals surface area contributed by atoms with E-state index in [4.69, 9.17) is 4.74 Å². The summed E-state index contributed by atoms with van der Waals surface area (Å²) in [4.78, 5) is 29.5. The van der Waals surface area contributed by atoms with Crippen molar-refractivity contribution in [3.05, 3.63) is 95.8 Å². The van der Waals surface area contributed by atoms with Crippen molar-refractivity contribution >= 4 is 32.9 Å². The van der Waals surface area contributed by atoms with Gasteiger partial charge in [-0.3, -0.25) is 9.59 Å². The number of ether oxygens (including phenoxy) is 1. The molecule has 1 aromatic heterocycles. The summed E-state index contributed by atoms with van der Waals surface area (Å²) >= 11 is 0. The number of nitrogens with zero attached hydrogens (tertiary/aromatic N) is 3. The number of esters is 1. The molecule has 0 aliphatic carbocycles. The molecule has 9 nitrogen and oxygen atoms in total. The van der Waals surface area contributed by atoms with Crippen molar-refractivity contribution in [2.45, 2.75) is 23.7 Å². The van der Waals surface area contributed by atoms with Gasteiger partial charge >= 0.3 is 5.97 Å². The van der Waals surface area contributed by atoms with Gasteiger partial charge in [0, 0.05) is 40.0 Å². The Balaban J connectivity index is 1.31. The topological polar surface area (TPSA) is 111 Å². The van der Waals surface area contributed by atoms with E-state index in [-0.39, 0.29) is 36.2 Å². The molecular weight excluding hydrogens is 516 g/mol. The van der Waals surface area contributed by atoms with Gasteiger partial charge in [-0.2, -0.15) is 0 Å². The normalized spacial score (nSPS) is 11.7. The third kappa shape index (κ3) is 6.71. The first kappa shape index (κ1) is 28.0. The number of sulfonamides is 1. The second-order valence-corrected chi connectivity index (χ2v) is 11.5. The molecule has 0 saturated carbocycles. The number of hydrogen-bond donors (Lipinski definition) is 1. The molecule has 0 spiro atoms. The smallest absolute Gasteiger partial charge is 0.306 e. The number of rotatable bonds is 11. The highest BCUT2D eigenvalue weighted by Crippen LogP contribution is 2.24. The van der Waals surface area contributed by atoms with Gasteiger partial charge in [-0.25, -0.2) is 17.7 Å². The van der Waals surface area contributed by atoms with Crippen LogP contribution in [0.1, 0.15) is 29.3 Å². The fourth-order valence-corrected chi connectivity index (χ4v) is 5.24. The van der Waals surface area contributed by atoms with E-state index in [0.29, 0.717) is 17.9 Å². The van der Waals surface area contributed by atoms with Crippen LogP contribution in [0.25, 0.3) is 11.0 Å². The number of aryl methyl sites for hydroxylation is 2. The van der Waals surface area contributed by atoms with Crippen LogP contribution >= 0.6 is 0 Å². The number of carbonyl (C=O) groups is 2. The van der Waals surface area contributed by atoms with E-state index in [1.165, 1.54) is 26.2 Å². The van der Waals surface area contributed by atoms with Gasteiger partial charge in [0.15, 0.2) is 6.61 Å². The van der Waals surface area contributed by atoms with Crippen LogP contribution in [0.2, 0.25) is 0 Å². The molecule has 0 unspecified atom stereocenters. The lowest BCUT2D eigenvalue weighted by molar-refractivity contribution is -0.148. The first-order valence-corrected chi connectivity index (χ1v) is 14.0. The number of carbonyl (C=O) groups excluding carboxylic acids is 2. The van der Waals surface area contributed by atoms with E-state index in [0.717, 1.165) is 20.9 Å². The Hall–Kier alpha value is -4.02. The van der Waals surface area contributed by atoms with Gasteiger partial charge in [0.1, 0.15) is 5.82 Å². The molecule has 4 rings (SSSR count). The number of benzene rings is 3. The van der Waals surface area contributed by atoms with E-state index in [9.17, 15) is 18.0 Å². The summed E-state index contributed by atoms with van der Waals surface area (Å²) in [6, 6.07) is 24.6. The maximum absolute atomic E-state index is 12.5. The van der Waals surface area contributed by atoms with Gasteiger partial charge in [-0.1, -0.05) is 60.7 Å². The van der Waals surface area contributed by atoms with Crippen molar-refractivity contribution in [1.29, 1.82) is 0 Å². The van der Waals surface area contributed by atoms with Gasteiger partial charge < -0.3 is 14.6 Å². The van der Waals surface area contributed by atoms with Crippen LogP contribution in [0.3, 0.4) is 0 Å². The molecule has 39 heavy (non-hydrogen) atoms. The van der Waals surface area contributed by atoms with E-state index in [1.54, 1.807) is 13.1 Å². The molecule has 1 heterocycles. The second-order valence-electron chi connectivity index (χ2n) is 9.36. The van der Waals surface area contributed by atoms with Gasteiger partial charge in [-0.15, -0.1) is 0 Å². The molecule has 1 N–H and O–H groups in total. The fourth-order valence-electron chi connectivity index (χ4n) is 4.32. The number of fused-ring (bicyclic) bond motifs is 1. The van der Waals surface area contributed by atoms with E-state index in [2.05, 4.69) is 10.3 Å². The molecule has 0 atom stereocenters. The maximum atomic E-state index is 12.5. The zero-order valence-corrected chi connectivity index (χ0v) is 23.0. The van der Waals surface area contributed by atoms with Crippen LogP contribution in [0.4, 0.5) is 0 Å². The van der Waals surface area contributed by atoms with Gasteiger partial charge in [0.2, 0.25) is 10.0 Å². The third-order valence-electron chi connectivity index (χ3n) is 6.55. The Morgan fingerprint density at radius 3 is 2.18 bits per heavy atom. The Morgan fingerprint density at radius 1 is 0.974 bits per heavy atom. The summed E-state index contributed by atoms with van der Waals surface area (Å²) in [5.41, 5.74) is 3.43. The van der Waals surface area contributed by atoms with Crippen LogP contribution in [0.5, 0.6) is 0 Å². The molecule has 0 aliphatic rings. The van der Waals surface area contributed by atoms with Crippen molar-refractivity contribution in [3.8, 4) is 0 Å². The Bertz CT molecular complexity index is 1510. The number of nitrogens with one attached hydrogen (secondary N) is 1. The van der Waals surface area contributed by atoms with Gasteiger partial charge in [0.05, 0.1) is 22.3 Å². The minimum atomic E-state index is -3.58. The molecule has 4 aromatic rings. The molecule has 3 aromatic carbocycles. The van der Waals surface area contributed by atoms with Gasteiger partial charge in [-0.05, 0) is 29.3 Å². The second kappa shape index (κ2) is 12.2. The zero-order valence-electron chi connectivity index (χ0n) is 22.2. The lowest BCUT2D eigenvalue weighted by atomic mass is 9.91. The highest BCUT2D eigenvalue weighted by molar-refractivity contribution is 7.89. The summed E-state index contributed by atoms with van der Waals surface area (Å²) in [7, 11) is 1.17. The van der Waals surface area contributed by atoms with Crippen molar-refractivity contribution < 1.29 is 22.7 Å². The Labute approximate surface area is 228 Å². The molecule has 204 valence electrons. The summed E-state index contributed by atoms with van der Waals surface area (Å²) in [5.74, 6) is -0.314. The number of hydrogen-bond acceptors (Lipinski definition) is 6. The number of amides is 1. The minimum absolute atomic E-state index is 0.0298. The molecule has 0 saturated heterocycles. The lowest BCUT2D eigenvalue weighted by Crippen LogP contribution is -2.32. The minimum Gasteiger partial charge on any atom is -0.456 e. The predicted octanol–water partition coefficient (Wildman–Crippen LogP) is 3.25. The fraction of sp³-hybridized carbons (Fsp3) is 0.276. The third-order valence-corrected chi connectivity index (χ3v) is 8.36. The highest BCUT2D eigenvalue weighted by Gasteiger charge is 2.20. The SMILES string of the molecule is CN(C)S(=O)(=O)c1ccc2c(c1)nc(CCC(=O)OCC(=O)NCC(c1ccccc1)c1ccccc1)n2C. The van der Waals surface area contributed by atoms with Crippen LogP contribution in [0, 0.1) is 0 Å². The van der Waals surface area contributed by atoms with Crippen LogP contribution in [-0.2, 0) is 37.8 Å². The Kier molecular flexibility index (Phi) is 8.78. The lowest BCUT2D eigenvalue weighted by Gasteiger charge is -2.19. The summed E-state index contributed by atoms with van der Waals surface area (Å²) < 4.78 is 33.0. The number of aromatic nitrogens is 2. The molecule has 1 amide bonds. The van der Waals surface area contributed by atoms with Gasteiger partial charge in [0.25, 0.3) is 5.91 Å². The molecule has 10 heteroatoms. The Morgan fingerprint density at radius 2 is 1.59 bits per heavy atom. The van der Waals surface area contributed by atoms with Crippen LogP contribution < -0.4 is 5.32 Å². The molecular formula is C29H32N4O5S. The summed E-state index contributed by atoms with van der Waals surface area (Å²) in [5, 5.41) is 2.88. The van der Waals surface area contributed by atoms with E-state index >= 15 is 0 Å². The van der Waals surface area contributed by atoms with Crippen molar-refractivity contribution in [2.24, 2.45) is 7.05 Å². The molecule has 0 radical (unpaired) electrons. The first-order valence-electron chi connectivity index (χ1n) is 12.6. The standard InChI is InChI=1S/C29H32N4O5S/c1-32(2)39(36,37)23-14-15-26-25(18-23)31-27(33(26)3)16-17-29(35)38-20-28(34)30-19-24(21-10-6-4-7-11-21)22-12-8-5-9-13-22/h4-15,18,24H,16-17,19-20H2,1-3H3,(H,30,34). The first-order chi connectivity index (χ1) is 18.7. The predicted molar refractivity (Wildman–Crippen MR) is 149 cm³/mol. The zero-order chi connectivity index (χ0) is 28.0. The summed E-state index contributed by atoms with van der Waals surface area (Å²) in [6.07, 6.45) is 0.315. The number of imidazole rings is 1. The molecule has 0 bridgehead atoms. The highest BCUT2D eigenvalue weighted by atomic mass is 32.2. The average molecular weight is 549 g/mol. The maximum Gasteiger partial charge on any atom is 0.306 e. The van der Waals surface area contributed by atoms with E-state index in [1.807, 2.05) is 65.2 Å². The quantitative estimate of drug-likeness (QED) is 0.288. The molecule has 0 fully saturated rings. The van der Waals surface area contributed by atoms with E-state index < -0.39 is 16.0 Å². The molecule has 0 aliphatic heterocycles. The summed E-state index contributed by atoms with van der Waals surface area (Å²) in [6.45, 7) is -0.000765. The largest absolute Gasteiger partial charge is 0.456 e. The van der Waals surface area contributed by atoms with Crippen LogP contribution in [-0.4, -0.2) is 61.4 Å². The monoisotopic (exact) mass is 548 g/mol. The average Bonchev–Trinajstić information content (AvgIpc) is 3.26. The van der Waals surface area contributed by atoms with Crippen molar-refractivity contribution in [2.75, 3.05) is 27.2 Å². The van der Waals surface area contributed by atoms with Crippen molar-refractivity contribution in [1.82, 2.24) is 19.2 Å². The van der Waals surface area contributed by atoms with Crippen molar-refractivity contribution in [3.63, 3.8) is 0 Å². The van der Waals surface area contributed by atoms with Crippen LogP contribution in [0.15, 0.2) is 83.8 Å².